The van der Waals surface area contributed by atoms with Crippen molar-refractivity contribution in [2.75, 3.05) is 33.3 Å². The highest BCUT2D eigenvalue weighted by Gasteiger charge is 2.27. The first kappa shape index (κ1) is 25.6. The number of hydrogen-bond acceptors (Lipinski definition) is 4. The fourth-order valence-electron chi connectivity index (χ4n) is 4.85. The Labute approximate surface area is 215 Å². The number of carbonyl (C=O) groups excluding carboxylic acids is 1. The van der Waals surface area contributed by atoms with Gasteiger partial charge in [0.2, 0.25) is 0 Å². The minimum atomic E-state index is -0.475. The van der Waals surface area contributed by atoms with Gasteiger partial charge in [-0.2, -0.15) is 0 Å². The largest absolute Gasteiger partial charge is 0.496 e. The maximum absolute atomic E-state index is 14.7. The van der Waals surface area contributed by atoms with Crippen LogP contribution in [0.4, 0.5) is 4.39 Å². The SMILES string of the molecule is COc1ccc(Br)cc1CCc1c(F)cccc1C(=O)NC(=N)NCC1CCCN(CC2CC2)C1. The fourth-order valence-corrected chi connectivity index (χ4v) is 5.26. The second kappa shape index (κ2) is 12.0. The van der Waals surface area contributed by atoms with E-state index in [0.717, 1.165) is 41.2 Å². The molecule has 1 heterocycles. The molecule has 0 bridgehead atoms. The van der Waals surface area contributed by atoms with Gasteiger partial charge in [0.1, 0.15) is 11.6 Å². The van der Waals surface area contributed by atoms with Crippen LogP contribution in [-0.4, -0.2) is 50.1 Å². The summed E-state index contributed by atoms with van der Waals surface area (Å²) in [5.74, 6) is 1.12. The summed E-state index contributed by atoms with van der Waals surface area (Å²) in [5.41, 5.74) is 1.51. The Bertz CT molecular complexity index is 1060. The van der Waals surface area contributed by atoms with E-state index in [2.05, 4.69) is 31.5 Å². The van der Waals surface area contributed by atoms with Crippen molar-refractivity contribution in [1.82, 2.24) is 15.5 Å². The van der Waals surface area contributed by atoms with Crippen molar-refractivity contribution in [1.29, 1.82) is 5.41 Å². The van der Waals surface area contributed by atoms with Crippen molar-refractivity contribution in [3.63, 3.8) is 0 Å². The minimum Gasteiger partial charge on any atom is -0.496 e. The molecule has 35 heavy (non-hydrogen) atoms. The Morgan fingerprint density at radius 3 is 2.80 bits per heavy atom. The number of benzene rings is 2. The van der Waals surface area contributed by atoms with Crippen LogP contribution in [0, 0.1) is 23.1 Å². The third kappa shape index (κ3) is 7.27. The summed E-state index contributed by atoms with van der Waals surface area (Å²) in [6.45, 7) is 4.05. The summed E-state index contributed by atoms with van der Waals surface area (Å²) in [6, 6.07) is 10.2. The molecule has 1 atom stereocenters. The Morgan fingerprint density at radius 1 is 1.20 bits per heavy atom. The van der Waals surface area contributed by atoms with Crippen LogP contribution in [0.3, 0.4) is 0 Å². The number of guanidine groups is 1. The number of nitrogens with one attached hydrogen (secondary N) is 3. The van der Waals surface area contributed by atoms with Crippen LogP contribution in [-0.2, 0) is 12.8 Å². The van der Waals surface area contributed by atoms with Gasteiger partial charge in [-0.05, 0) is 92.8 Å². The topological polar surface area (TPSA) is 77.4 Å². The van der Waals surface area contributed by atoms with Crippen LogP contribution in [0.25, 0.3) is 0 Å². The molecule has 2 aromatic rings. The van der Waals surface area contributed by atoms with Crippen LogP contribution in [0.15, 0.2) is 40.9 Å². The number of hydrogen-bond donors (Lipinski definition) is 3. The van der Waals surface area contributed by atoms with Gasteiger partial charge in [-0.3, -0.25) is 15.5 Å². The summed E-state index contributed by atoms with van der Waals surface area (Å²) >= 11 is 3.46. The number of likely N-dealkylation sites (tertiary alicyclic amines) is 1. The summed E-state index contributed by atoms with van der Waals surface area (Å²) in [5, 5.41) is 13.9. The van der Waals surface area contributed by atoms with Crippen LogP contribution in [0.1, 0.15) is 47.2 Å². The molecule has 0 radical (unpaired) electrons. The summed E-state index contributed by atoms with van der Waals surface area (Å²) in [7, 11) is 1.60. The number of carbonyl (C=O) groups is 1. The first-order valence-electron chi connectivity index (χ1n) is 12.4. The quantitative estimate of drug-likeness (QED) is 0.314. The van der Waals surface area contributed by atoms with Crippen molar-refractivity contribution in [2.24, 2.45) is 11.8 Å². The number of methoxy groups -OCH3 is 1. The van der Waals surface area contributed by atoms with Crippen molar-refractivity contribution in [2.45, 2.75) is 38.5 Å². The molecule has 4 rings (SSSR count). The monoisotopic (exact) mass is 544 g/mol. The van der Waals surface area contributed by atoms with Gasteiger partial charge >= 0.3 is 0 Å². The third-order valence-corrected chi connectivity index (χ3v) is 7.37. The lowest BCUT2D eigenvalue weighted by molar-refractivity contribution is 0.0973. The molecule has 1 saturated heterocycles. The molecule has 1 saturated carbocycles. The molecule has 2 aromatic carbocycles. The highest BCUT2D eigenvalue weighted by Crippen LogP contribution is 2.31. The second-order valence-electron chi connectivity index (χ2n) is 9.64. The van der Waals surface area contributed by atoms with Crippen LogP contribution in [0.5, 0.6) is 5.75 Å². The summed E-state index contributed by atoms with van der Waals surface area (Å²) in [4.78, 5) is 15.5. The lowest BCUT2D eigenvalue weighted by atomic mass is 9.97. The number of aryl methyl sites for hydroxylation is 1. The lowest BCUT2D eigenvalue weighted by Crippen LogP contribution is -2.46. The average molecular weight is 545 g/mol. The molecule has 3 N–H and O–H groups in total. The molecule has 1 aliphatic carbocycles. The molecule has 2 aliphatic rings. The molecule has 0 aromatic heterocycles. The van der Waals surface area contributed by atoms with Gasteiger partial charge in [0.25, 0.3) is 5.91 Å². The van der Waals surface area contributed by atoms with Gasteiger partial charge in [0.15, 0.2) is 5.96 Å². The number of ether oxygens (including phenoxy) is 1. The van der Waals surface area contributed by atoms with Crippen LogP contribution >= 0.6 is 15.9 Å². The smallest absolute Gasteiger partial charge is 0.258 e. The van der Waals surface area contributed by atoms with Crippen molar-refractivity contribution in [3.8, 4) is 5.75 Å². The van der Waals surface area contributed by atoms with E-state index in [1.54, 1.807) is 13.2 Å². The Balaban J connectivity index is 1.33. The maximum atomic E-state index is 14.7. The summed E-state index contributed by atoms with van der Waals surface area (Å²) in [6.07, 6.45) is 5.86. The number of piperidine rings is 1. The molecule has 8 heteroatoms. The van der Waals surface area contributed by atoms with Gasteiger partial charge in [0, 0.05) is 35.2 Å². The Morgan fingerprint density at radius 2 is 2.03 bits per heavy atom. The number of halogens is 2. The Kier molecular flexibility index (Phi) is 8.78. The molecular weight excluding hydrogens is 511 g/mol. The highest BCUT2D eigenvalue weighted by atomic mass is 79.9. The molecule has 6 nitrogen and oxygen atoms in total. The fraction of sp³-hybridized carbons (Fsp3) is 0.481. The normalized spacial score (nSPS) is 18.2. The first-order chi connectivity index (χ1) is 16.9. The van der Waals surface area contributed by atoms with Gasteiger partial charge in [0.05, 0.1) is 7.11 Å². The Hall–Kier alpha value is -2.45. The van der Waals surface area contributed by atoms with Crippen LogP contribution in [0.2, 0.25) is 0 Å². The predicted molar refractivity (Wildman–Crippen MR) is 140 cm³/mol. The molecule has 0 spiro atoms. The molecule has 1 amide bonds. The molecule has 188 valence electrons. The van der Waals surface area contributed by atoms with E-state index in [-0.39, 0.29) is 11.5 Å². The van der Waals surface area contributed by atoms with Gasteiger partial charge in [-0.25, -0.2) is 4.39 Å². The first-order valence-corrected chi connectivity index (χ1v) is 13.2. The van der Waals surface area contributed by atoms with Crippen molar-refractivity contribution in [3.05, 3.63) is 63.4 Å². The number of amides is 1. The van der Waals surface area contributed by atoms with E-state index in [1.807, 2.05) is 18.2 Å². The van der Waals surface area contributed by atoms with Gasteiger partial charge in [-0.1, -0.05) is 22.0 Å². The van der Waals surface area contributed by atoms with E-state index in [1.165, 1.54) is 37.9 Å². The molecule has 1 aliphatic heterocycles. The maximum Gasteiger partial charge on any atom is 0.258 e. The van der Waals surface area contributed by atoms with E-state index in [9.17, 15) is 9.18 Å². The average Bonchev–Trinajstić information content (AvgIpc) is 3.66. The van der Waals surface area contributed by atoms with Crippen molar-refractivity contribution >= 4 is 27.8 Å². The predicted octanol–water partition coefficient (Wildman–Crippen LogP) is 4.76. The zero-order valence-electron chi connectivity index (χ0n) is 20.2. The van der Waals surface area contributed by atoms with Crippen LogP contribution < -0.4 is 15.4 Å². The van der Waals surface area contributed by atoms with Gasteiger partial charge < -0.3 is 15.0 Å². The minimum absolute atomic E-state index is 0.0433. The highest BCUT2D eigenvalue weighted by molar-refractivity contribution is 9.10. The lowest BCUT2D eigenvalue weighted by Gasteiger charge is -2.33. The summed E-state index contributed by atoms with van der Waals surface area (Å²) < 4.78 is 21.1. The number of nitrogens with zero attached hydrogens (tertiary/aromatic N) is 1. The molecule has 2 fully saturated rings. The number of rotatable bonds is 9. The third-order valence-electron chi connectivity index (χ3n) is 6.87. The standard InChI is InChI=1S/C27H34BrFN4O2/c1-35-25-12-10-21(28)14-20(25)9-11-22-23(5-2-6-24(22)29)26(34)32-27(30)31-15-19-4-3-13-33(17-19)16-18-7-8-18/h2,5-6,10,12,14,18-19H,3-4,7-9,11,13,15-17H2,1H3,(H3,30,31,32,34). The van der Waals surface area contributed by atoms with E-state index >= 15 is 0 Å². The molecular formula is C27H34BrFN4O2. The van der Waals surface area contributed by atoms with E-state index in [0.29, 0.717) is 30.9 Å². The second-order valence-corrected chi connectivity index (χ2v) is 10.6. The van der Waals surface area contributed by atoms with Gasteiger partial charge in [-0.15, -0.1) is 0 Å². The van der Waals surface area contributed by atoms with Crippen molar-refractivity contribution < 1.29 is 13.9 Å². The zero-order chi connectivity index (χ0) is 24.8. The molecule has 1 unspecified atom stereocenters. The van der Waals surface area contributed by atoms with E-state index < -0.39 is 11.7 Å². The van der Waals surface area contributed by atoms with E-state index in [4.69, 9.17) is 10.1 Å². The zero-order valence-corrected chi connectivity index (χ0v) is 21.8.